The summed E-state index contributed by atoms with van der Waals surface area (Å²) in [7, 11) is 0. The summed E-state index contributed by atoms with van der Waals surface area (Å²) in [5.74, 6) is 1.14. The fraction of sp³-hybridized carbons (Fsp3) is 0.667. The predicted octanol–water partition coefficient (Wildman–Crippen LogP) is 1.40. The Morgan fingerprint density at radius 1 is 1.38 bits per heavy atom. The molecule has 0 saturated heterocycles. The fourth-order valence-electron chi connectivity index (χ4n) is 1.78. The van der Waals surface area contributed by atoms with Crippen LogP contribution in [0.5, 0.6) is 0 Å². The topological polar surface area (TPSA) is 55.1 Å². The van der Waals surface area contributed by atoms with Gasteiger partial charge in [-0.05, 0) is 13.8 Å². The molecule has 1 N–H and O–H groups in total. The molecule has 90 valence electrons. The molecule has 0 fully saturated rings. The standard InChI is InChI=1S/C12H20N2O2/c1-4-12-13-9(2)10(3)14(12)7-5-11(16)6-8-15/h15H,4-8H2,1-3H3. The Morgan fingerprint density at radius 3 is 2.62 bits per heavy atom. The maximum Gasteiger partial charge on any atom is 0.136 e. The molecule has 0 bridgehead atoms. The molecular weight excluding hydrogens is 204 g/mol. The van der Waals surface area contributed by atoms with E-state index in [1.54, 1.807) is 0 Å². The summed E-state index contributed by atoms with van der Waals surface area (Å²) in [6.45, 7) is 6.70. The first kappa shape index (κ1) is 12.9. The van der Waals surface area contributed by atoms with Gasteiger partial charge in [0.05, 0.1) is 5.69 Å². The SMILES string of the molecule is CCc1nc(C)c(C)n1CCC(=O)CCO. The molecule has 0 amide bonds. The van der Waals surface area contributed by atoms with Crippen molar-refractivity contribution in [2.24, 2.45) is 0 Å². The molecule has 4 heteroatoms. The highest BCUT2D eigenvalue weighted by Crippen LogP contribution is 2.11. The molecule has 1 rings (SSSR count). The van der Waals surface area contributed by atoms with Gasteiger partial charge in [-0.15, -0.1) is 0 Å². The van der Waals surface area contributed by atoms with E-state index in [9.17, 15) is 4.79 Å². The molecule has 4 nitrogen and oxygen atoms in total. The van der Waals surface area contributed by atoms with E-state index < -0.39 is 0 Å². The Bertz CT molecular complexity index is 369. The number of aryl methyl sites for hydroxylation is 2. The largest absolute Gasteiger partial charge is 0.396 e. The lowest BCUT2D eigenvalue weighted by atomic mass is 10.2. The molecule has 1 aromatic heterocycles. The predicted molar refractivity (Wildman–Crippen MR) is 62.4 cm³/mol. The van der Waals surface area contributed by atoms with Crippen molar-refractivity contribution in [3.63, 3.8) is 0 Å². The minimum absolute atomic E-state index is 0.0542. The normalized spacial score (nSPS) is 10.8. The van der Waals surface area contributed by atoms with Crippen molar-refractivity contribution in [1.29, 1.82) is 0 Å². The summed E-state index contributed by atoms with van der Waals surface area (Å²) in [4.78, 5) is 15.8. The number of Topliss-reactive ketones (excluding diaryl/α,β-unsaturated/α-hetero) is 1. The van der Waals surface area contributed by atoms with Crippen molar-refractivity contribution < 1.29 is 9.90 Å². The minimum atomic E-state index is -0.0542. The number of aromatic nitrogens is 2. The molecular formula is C12H20N2O2. The lowest BCUT2D eigenvalue weighted by Crippen LogP contribution is -2.10. The van der Waals surface area contributed by atoms with Gasteiger partial charge in [0.2, 0.25) is 0 Å². The summed E-state index contributed by atoms with van der Waals surface area (Å²) in [6.07, 6.45) is 1.61. The van der Waals surface area contributed by atoms with Gasteiger partial charge in [-0.25, -0.2) is 4.98 Å². The van der Waals surface area contributed by atoms with E-state index in [-0.39, 0.29) is 18.8 Å². The zero-order valence-electron chi connectivity index (χ0n) is 10.3. The highest BCUT2D eigenvalue weighted by Gasteiger charge is 2.10. The van der Waals surface area contributed by atoms with Crippen LogP contribution in [0.4, 0.5) is 0 Å². The molecule has 0 aliphatic heterocycles. The van der Waals surface area contributed by atoms with Crippen molar-refractivity contribution in [2.45, 2.75) is 46.6 Å². The first-order valence-corrected chi connectivity index (χ1v) is 5.75. The second-order valence-corrected chi connectivity index (χ2v) is 3.97. The van der Waals surface area contributed by atoms with Gasteiger partial charge in [-0.1, -0.05) is 6.92 Å². The molecule has 0 unspecified atom stereocenters. The van der Waals surface area contributed by atoms with Crippen molar-refractivity contribution in [3.8, 4) is 0 Å². The van der Waals surface area contributed by atoms with Crippen molar-refractivity contribution in [1.82, 2.24) is 9.55 Å². The molecule has 0 aliphatic rings. The molecule has 0 atom stereocenters. The van der Waals surface area contributed by atoms with Crippen LogP contribution in [0.1, 0.15) is 37.0 Å². The van der Waals surface area contributed by atoms with Gasteiger partial charge in [0, 0.05) is 38.1 Å². The highest BCUT2D eigenvalue weighted by molar-refractivity contribution is 5.78. The number of imidazole rings is 1. The van der Waals surface area contributed by atoms with Crippen molar-refractivity contribution >= 4 is 5.78 Å². The van der Waals surface area contributed by atoms with E-state index >= 15 is 0 Å². The van der Waals surface area contributed by atoms with Crippen LogP contribution in [-0.4, -0.2) is 27.0 Å². The average molecular weight is 224 g/mol. The van der Waals surface area contributed by atoms with E-state index in [1.807, 2.05) is 13.8 Å². The summed E-state index contributed by atoms with van der Waals surface area (Å²) in [6, 6.07) is 0. The second kappa shape index (κ2) is 5.80. The minimum Gasteiger partial charge on any atom is -0.396 e. The first-order chi connectivity index (χ1) is 7.60. The molecule has 1 aromatic rings. The lowest BCUT2D eigenvalue weighted by molar-refractivity contribution is -0.119. The summed E-state index contributed by atoms with van der Waals surface area (Å²) in [5, 5.41) is 8.65. The zero-order valence-corrected chi connectivity index (χ0v) is 10.3. The number of aliphatic hydroxyl groups is 1. The van der Waals surface area contributed by atoms with Crippen molar-refractivity contribution in [2.75, 3.05) is 6.61 Å². The van der Waals surface area contributed by atoms with Crippen LogP contribution < -0.4 is 0 Å². The fourth-order valence-corrected chi connectivity index (χ4v) is 1.78. The zero-order chi connectivity index (χ0) is 12.1. The number of carbonyl (C=O) groups excluding carboxylic acids is 1. The molecule has 16 heavy (non-hydrogen) atoms. The Kier molecular flexibility index (Phi) is 4.68. The Labute approximate surface area is 96.3 Å². The average Bonchev–Trinajstić information content (AvgIpc) is 2.53. The van der Waals surface area contributed by atoms with Gasteiger partial charge < -0.3 is 9.67 Å². The number of nitrogens with zero attached hydrogens (tertiary/aromatic N) is 2. The molecule has 0 saturated carbocycles. The van der Waals surface area contributed by atoms with E-state index in [4.69, 9.17) is 5.11 Å². The van der Waals surface area contributed by atoms with Gasteiger partial charge >= 0.3 is 0 Å². The second-order valence-electron chi connectivity index (χ2n) is 3.97. The molecule has 0 aromatic carbocycles. The Hall–Kier alpha value is -1.16. The maximum absolute atomic E-state index is 11.3. The van der Waals surface area contributed by atoms with Crippen LogP contribution in [0.15, 0.2) is 0 Å². The van der Waals surface area contributed by atoms with Gasteiger partial charge in [0.25, 0.3) is 0 Å². The number of carbonyl (C=O) groups is 1. The smallest absolute Gasteiger partial charge is 0.136 e. The maximum atomic E-state index is 11.3. The Morgan fingerprint density at radius 2 is 2.06 bits per heavy atom. The van der Waals surface area contributed by atoms with Gasteiger partial charge in [-0.2, -0.15) is 0 Å². The van der Waals surface area contributed by atoms with Gasteiger partial charge in [-0.3, -0.25) is 4.79 Å². The van der Waals surface area contributed by atoms with Crippen LogP contribution in [-0.2, 0) is 17.8 Å². The third kappa shape index (κ3) is 2.92. The summed E-state index contributed by atoms with van der Waals surface area (Å²) in [5.41, 5.74) is 2.17. The first-order valence-electron chi connectivity index (χ1n) is 5.75. The molecule has 0 radical (unpaired) electrons. The van der Waals surface area contributed by atoms with Gasteiger partial charge in [0.1, 0.15) is 11.6 Å². The van der Waals surface area contributed by atoms with E-state index in [1.165, 1.54) is 0 Å². The van der Waals surface area contributed by atoms with Crippen LogP contribution in [0.3, 0.4) is 0 Å². The highest BCUT2D eigenvalue weighted by atomic mass is 16.3. The number of hydrogen-bond acceptors (Lipinski definition) is 3. The summed E-state index contributed by atoms with van der Waals surface area (Å²) >= 11 is 0. The molecule has 0 spiro atoms. The summed E-state index contributed by atoms with van der Waals surface area (Å²) < 4.78 is 2.10. The van der Waals surface area contributed by atoms with E-state index in [0.29, 0.717) is 13.0 Å². The quantitative estimate of drug-likeness (QED) is 0.794. The van der Waals surface area contributed by atoms with Crippen LogP contribution in [0, 0.1) is 13.8 Å². The molecule has 1 heterocycles. The van der Waals surface area contributed by atoms with Gasteiger partial charge in [0.15, 0.2) is 0 Å². The Balaban J connectivity index is 2.69. The number of aliphatic hydroxyl groups excluding tert-OH is 1. The monoisotopic (exact) mass is 224 g/mol. The van der Waals surface area contributed by atoms with Crippen LogP contribution in [0.2, 0.25) is 0 Å². The van der Waals surface area contributed by atoms with E-state index in [2.05, 4.69) is 16.5 Å². The van der Waals surface area contributed by atoms with Crippen LogP contribution >= 0.6 is 0 Å². The third-order valence-electron chi connectivity index (χ3n) is 2.86. The van der Waals surface area contributed by atoms with E-state index in [0.717, 1.165) is 23.6 Å². The molecule has 0 aliphatic carbocycles. The third-order valence-corrected chi connectivity index (χ3v) is 2.86. The lowest BCUT2D eigenvalue weighted by Gasteiger charge is -2.08. The number of ketones is 1. The number of rotatable bonds is 6. The van der Waals surface area contributed by atoms with Crippen LogP contribution in [0.25, 0.3) is 0 Å². The van der Waals surface area contributed by atoms with Crippen molar-refractivity contribution in [3.05, 3.63) is 17.2 Å². The number of hydrogen-bond donors (Lipinski definition) is 1.